The van der Waals surface area contributed by atoms with Gasteiger partial charge in [0.25, 0.3) is 0 Å². The van der Waals surface area contributed by atoms with Crippen molar-refractivity contribution < 1.29 is 8.85 Å². The Bertz CT molecular complexity index is 302. The molecule has 132 valence electrons. The fraction of sp³-hybridized carbons (Fsp3) is 1.00. The first-order valence-corrected chi connectivity index (χ1v) is 11.8. The first-order chi connectivity index (χ1) is 10.6. The van der Waals surface area contributed by atoms with Gasteiger partial charge >= 0.3 is 8.56 Å². The lowest BCUT2D eigenvalue weighted by Gasteiger charge is -2.57. The minimum Gasteiger partial charge on any atom is -0.394 e. The Labute approximate surface area is 140 Å². The first kappa shape index (κ1) is 20.2. The van der Waals surface area contributed by atoms with Gasteiger partial charge in [-0.3, -0.25) is 0 Å². The average molecular weight is 329 g/mol. The molecular formula is C19H40O2Si. The van der Waals surface area contributed by atoms with E-state index < -0.39 is 8.56 Å². The van der Waals surface area contributed by atoms with E-state index in [0.29, 0.717) is 10.6 Å². The van der Waals surface area contributed by atoms with Gasteiger partial charge in [-0.15, -0.1) is 0 Å². The first-order valence-electron chi connectivity index (χ1n) is 9.90. The maximum atomic E-state index is 6.68. The summed E-state index contributed by atoms with van der Waals surface area (Å²) in [4.78, 5) is 0. The average Bonchev–Trinajstić information content (AvgIpc) is 2.52. The fourth-order valence-corrected chi connectivity index (χ4v) is 11.4. The monoisotopic (exact) mass is 328 g/mol. The van der Waals surface area contributed by atoms with Crippen molar-refractivity contribution in [3.8, 4) is 0 Å². The van der Waals surface area contributed by atoms with E-state index in [1.165, 1.54) is 51.4 Å². The summed E-state index contributed by atoms with van der Waals surface area (Å²) in [5.41, 5.74) is 0.687. The van der Waals surface area contributed by atoms with Gasteiger partial charge in [0.1, 0.15) is 0 Å². The Balaban J connectivity index is 3.39. The van der Waals surface area contributed by atoms with E-state index in [0.717, 1.165) is 19.1 Å². The van der Waals surface area contributed by atoms with Crippen LogP contribution in [0.3, 0.4) is 0 Å². The van der Waals surface area contributed by atoms with Crippen LogP contribution in [-0.4, -0.2) is 21.8 Å². The third kappa shape index (κ3) is 3.46. The second kappa shape index (κ2) is 9.44. The van der Waals surface area contributed by atoms with Crippen LogP contribution in [0.15, 0.2) is 0 Å². The van der Waals surface area contributed by atoms with Crippen LogP contribution in [0.5, 0.6) is 0 Å². The lowest BCUT2D eigenvalue weighted by atomic mass is 9.79. The lowest BCUT2D eigenvalue weighted by molar-refractivity contribution is 0.0852. The summed E-state index contributed by atoms with van der Waals surface area (Å²) in [5.74, 6) is 0.787. The summed E-state index contributed by atoms with van der Waals surface area (Å²) in [7, 11) is -2.22. The van der Waals surface area contributed by atoms with Gasteiger partial charge in [-0.05, 0) is 51.9 Å². The Morgan fingerprint density at radius 3 is 1.95 bits per heavy atom. The summed E-state index contributed by atoms with van der Waals surface area (Å²) >= 11 is 0. The van der Waals surface area contributed by atoms with Crippen molar-refractivity contribution >= 4 is 8.56 Å². The van der Waals surface area contributed by atoms with Gasteiger partial charge in [0.2, 0.25) is 0 Å². The van der Waals surface area contributed by atoms with Gasteiger partial charge in [0.05, 0.1) is 0 Å². The molecular weight excluding hydrogens is 288 g/mol. The zero-order valence-electron chi connectivity index (χ0n) is 16.0. The van der Waals surface area contributed by atoms with Crippen molar-refractivity contribution in [3.05, 3.63) is 0 Å². The molecule has 0 saturated carbocycles. The molecule has 0 aromatic rings. The predicted octanol–water partition coefficient (Wildman–Crippen LogP) is 6.44. The van der Waals surface area contributed by atoms with Gasteiger partial charge in [-0.2, -0.15) is 0 Å². The summed E-state index contributed by atoms with van der Waals surface area (Å²) in [6.07, 6.45) is 10.3. The highest BCUT2D eigenvalue weighted by Gasteiger charge is 2.64. The molecule has 1 heterocycles. The Kier molecular flexibility index (Phi) is 8.66. The molecule has 2 nitrogen and oxygen atoms in total. The third-order valence-corrected chi connectivity index (χ3v) is 11.5. The molecule has 1 rings (SSSR count). The van der Waals surface area contributed by atoms with Crippen molar-refractivity contribution in [3.63, 3.8) is 0 Å². The Hall–Kier alpha value is 0.137. The molecule has 3 heteroatoms. The van der Waals surface area contributed by atoms with Crippen molar-refractivity contribution in [1.82, 2.24) is 0 Å². The highest BCUT2D eigenvalue weighted by Crippen LogP contribution is 2.64. The second-order valence-corrected chi connectivity index (χ2v) is 10.7. The zero-order valence-corrected chi connectivity index (χ0v) is 17.0. The molecule has 0 aliphatic carbocycles. The maximum absolute atomic E-state index is 6.68. The van der Waals surface area contributed by atoms with Crippen molar-refractivity contribution in [2.75, 3.05) is 13.2 Å². The summed E-state index contributed by atoms with van der Waals surface area (Å²) < 4.78 is 13.4. The summed E-state index contributed by atoms with van der Waals surface area (Å²) in [6.45, 7) is 15.4. The largest absolute Gasteiger partial charge is 0.394 e. The minimum atomic E-state index is -2.22. The molecule has 0 aromatic carbocycles. The number of hydrogen-bond donors (Lipinski definition) is 0. The van der Waals surface area contributed by atoms with Crippen molar-refractivity contribution in [2.24, 2.45) is 5.92 Å². The lowest BCUT2D eigenvalue weighted by Crippen LogP contribution is -2.62. The van der Waals surface area contributed by atoms with Crippen LogP contribution in [0.2, 0.25) is 10.6 Å². The number of hydrogen-bond acceptors (Lipinski definition) is 2. The quantitative estimate of drug-likeness (QED) is 0.429. The highest BCUT2D eigenvalue weighted by atomic mass is 28.4. The van der Waals surface area contributed by atoms with Crippen LogP contribution in [-0.2, 0) is 8.85 Å². The van der Waals surface area contributed by atoms with Gasteiger partial charge in [0, 0.05) is 23.8 Å². The van der Waals surface area contributed by atoms with Crippen LogP contribution in [0.1, 0.15) is 92.9 Å². The SMILES string of the molecule is CCCC1CCC(CC)C(CC)(CCC)[Si]1(OCC)OCC. The van der Waals surface area contributed by atoms with Gasteiger partial charge in [0.15, 0.2) is 0 Å². The molecule has 1 fully saturated rings. The van der Waals surface area contributed by atoms with Gasteiger partial charge < -0.3 is 8.85 Å². The third-order valence-electron chi connectivity index (χ3n) is 6.05. The van der Waals surface area contributed by atoms with E-state index in [1.54, 1.807) is 0 Å². The standard InChI is InChI=1S/C19H40O2Si/c1-7-13-18-15-14-17(9-3)19(10-4,16-8-2)22(18,20-11-5)21-12-6/h17-18H,7-16H2,1-6H3. The maximum Gasteiger partial charge on any atom is 0.348 e. The van der Waals surface area contributed by atoms with Crippen LogP contribution >= 0.6 is 0 Å². The molecule has 1 aliphatic rings. The smallest absolute Gasteiger partial charge is 0.348 e. The second-order valence-electron chi connectivity index (χ2n) is 6.96. The van der Waals surface area contributed by atoms with Crippen LogP contribution < -0.4 is 0 Å². The normalized spacial score (nSPS) is 31.4. The molecule has 3 atom stereocenters. The molecule has 22 heavy (non-hydrogen) atoms. The fourth-order valence-electron chi connectivity index (χ4n) is 5.37. The molecule has 0 radical (unpaired) electrons. The molecule has 0 amide bonds. The molecule has 0 aromatic heterocycles. The van der Waals surface area contributed by atoms with Crippen molar-refractivity contribution in [2.45, 2.75) is 103 Å². The van der Waals surface area contributed by atoms with Crippen LogP contribution in [0.25, 0.3) is 0 Å². The van der Waals surface area contributed by atoms with E-state index in [2.05, 4.69) is 41.5 Å². The van der Waals surface area contributed by atoms with Crippen LogP contribution in [0, 0.1) is 5.92 Å². The number of rotatable bonds is 10. The molecule has 0 N–H and O–H groups in total. The Morgan fingerprint density at radius 1 is 0.909 bits per heavy atom. The Morgan fingerprint density at radius 2 is 1.55 bits per heavy atom. The van der Waals surface area contributed by atoms with E-state index in [4.69, 9.17) is 8.85 Å². The van der Waals surface area contributed by atoms with E-state index in [9.17, 15) is 0 Å². The van der Waals surface area contributed by atoms with Crippen LogP contribution in [0.4, 0.5) is 0 Å². The van der Waals surface area contributed by atoms with Gasteiger partial charge in [-0.1, -0.05) is 47.0 Å². The van der Waals surface area contributed by atoms with E-state index >= 15 is 0 Å². The predicted molar refractivity (Wildman–Crippen MR) is 98.6 cm³/mol. The summed E-state index contributed by atoms with van der Waals surface area (Å²) in [5, 5.41) is 0.320. The topological polar surface area (TPSA) is 18.5 Å². The van der Waals surface area contributed by atoms with E-state index in [1.807, 2.05) is 0 Å². The molecule has 1 saturated heterocycles. The minimum absolute atomic E-state index is 0.320. The molecule has 3 unspecified atom stereocenters. The summed E-state index contributed by atoms with van der Waals surface area (Å²) in [6, 6.07) is 0. The zero-order chi connectivity index (χ0) is 16.6. The highest BCUT2D eigenvalue weighted by molar-refractivity contribution is 6.72. The molecule has 0 spiro atoms. The van der Waals surface area contributed by atoms with Crippen molar-refractivity contribution in [1.29, 1.82) is 0 Å². The van der Waals surface area contributed by atoms with E-state index in [-0.39, 0.29) is 0 Å². The van der Waals surface area contributed by atoms with Gasteiger partial charge in [-0.25, -0.2) is 0 Å². The molecule has 1 aliphatic heterocycles. The molecule has 0 bridgehead atoms.